The van der Waals surface area contributed by atoms with Crippen molar-refractivity contribution in [1.29, 1.82) is 0 Å². The van der Waals surface area contributed by atoms with E-state index in [0.29, 0.717) is 22.1 Å². The van der Waals surface area contributed by atoms with Gasteiger partial charge in [0.2, 0.25) is 0 Å². The van der Waals surface area contributed by atoms with E-state index in [-0.39, 0.29) is 11.5 Å². The van der Waals surface area contributed by atoms with E-state index >= 15 is 0 Å². The molecule has 0 saturated carbocycles. The molecule has 2 nitrogen and oxygen atoms in total. The summed E-state index contributed by atoms with van der Waals surface area (Å²) in [5.74, 6) is 0.540. The van der Waals surface area contributed by atoms with Gasteiger partial charge in [-0.15, -0.1) is 0 Å². The SMILES string of the molecule is Cc1cc(Oc2ccccc2Cl)c(N)cc1F. The van der Waals surface area contributed by atoms with E-state index in [9.17, 15) is 4.39 Å². The van der Waals surface area contributed by atoms with Gasteiger partial charge in [0.25, 0.3) is 0 Å². The Morgan fingerprint density at radius 1 is 1.18 bits per heavy atom. The van der Waals surface area contributed by atoms with E-state index in [0.717, 1.165) is 0 Å². The van der Waals surface area contributed by atoms with Crippen LogP contribution in [0.25, 0.3) is 0 Å². The minimum Gasteiger partial charge on any atom is -0.454 e. The Kier molecular flexibility index (Phi) is 3.20. The molecule has 2 aromatic carbocycles. The third-order valence-electron chi connectivity index (χ3n) is 2.35. The Labute approximate surface area is 104 Å². The van der Waals surface area contributed by atoms with Gasteiger partial charge < -0.3 is 10.5 Å². The minimum atomic E-state index is -0.353. The number of hydrogen-bond donors (Lipinski definition) is 1. The van der Waals surface area contributed by atoms with Crippen molar-refractivity contribution in [3.8, 4) is 11.5 Å². The number of benzene rings is 2. The molecule has 4 heteroatoms. The fourth-order valence-corrected chi connectivity index (χ4v) is 1.58. The highest BCUT2D eigenvalue weighted by Gasteiger charge is 2.08. The van der Waals surface area contributed by atoms with Crippen molar-refractivity contribution < 1.29 is 9.13 Å². The summed E-state index contributed by atoms with van der Waals surface area (Å²) in [7, 11) is 0. The van der Waals surface area contributed by atoms with Crippen molar-refractivity contribution in [2.24, 2.45) is 0 Å². The highest BCUT2D eigenvalue weighted by Crippen LogP contribution is 2.33. The molecule has 0 atom stereocenters. The smallest absolute Gasteiger partial charge is 0.150 e. The Balaban J connectivity index is 2.37. The van der Waals surface area contributed by atoms with Crippen molar-refractivity contribution in [2.75, 3.05) is 5.73 Å². The average Bonchev–Trinajstić information content (AvgIpc) is 2.29. The molecule has 0 aliphatic carbocycles. The molecule has 0 bridgehead atoms. The highest BCUT2D eigenvalue weighted by molar-refractivity contribution is 6.32. The highest BCUT2D eigenvalue weighted by atomic mass is 35.5. The summed E-state index contributed by atoms with van der Waals surface area (Å²) in [6.07, 6.45) is 0. The number of para-hydroxylation sites is 1. The second kappa shape index (κ2) is 4.63. The average molecular weight is 252 g/mol. The molecule has 0 aromatic heterocycles. The lowest BCUT2D eigenvalue weighted by molar-refractivity contribution is 0.482. The van der Waals surface area contributed by atoms with E-state index < -0.39 is 0 Å². The van der Waals surface area contributed by atoms with Crippen molar-refractivity contribution in [3.63, 3.8) is 0 Å². The van der Waals surface area contributed by atoms with Crippen molar-refractivity contribution in [1.82, 2.24) is 0 Å². The summed E-state index contributed by atoms with van der Waals surface area (Å²) in [4.78, 5) is 0. The van der Waals surface area contributed by atoms with Crippen molar-refractivity contribution in [3.05, 3.63) is 52.8 Å². The largest absolute Gasteiger partial charge is 0.454 e. The molecule has 0 unspecified atom stereocenters. The Hall–Kier alpha value is -1.74. The van der Waals surface area contributed by atoms with Gasteiger partial charge in [-0.25, -0.2) is 4.39 Å². The number of rotatable bonds is 2. The van der Waals surface area contributed by atoms with Crippen LogP contribution in [-0.2, 0) is 0 Å². The summed E-state index contributed by atoms with van der Waals surface area (Å²) >= 11 is 5.96. The predicted octanol–water partition coefficient (Wildman–Crippen LogP) is 4.16. The van der Waals surface area contributed by atoms with Crippen molar-refractivity contribution in [2.45, 2.75) is 6.92 Å². The summed E-state index contributed by atoms with van der Waals surface area (Å²) < 4.78 is 18.8. The van der Waals surface area contributed by atoms with E-state index in [2.05, 4.69) is 0 Å². The molecule has 88 valence electrons. The number of ether oxygens (including phenoxy) is 1. The third kappa shape index (κ3) is 2.50. The van der Waals surface area contributed by atoms with Gasteiger partial charge in [0.05, 0.1) is 10.7 Å². The normalized spacial score (nSPS) is 10.3. The molecule has 0 saturated heterocycles. The van der Waals surface area contributed by atoms with Crippen LogP contribution in [0.1, 0.15) is 5.56 Å². The van der Waals surface area contributed by atoms with E-state index in [1.807, 2.05) is 0 Å². The molecule has 17 heavy (non-hydrogen) atoms. The van der Waals surface area contributed by atoms with Gasteiger partial charge in [0.15, 0.2) is 5.75 Å². The lowest BCUT2D eigenvalue weighted by Gasteiger charge is -2.10. The van der Waals surface area contributed by atoms with Gasteiger partial charge >= 0.3 is 0 Å². The van der Waals surface area contributed by atoms with E-state index in [4.69, 9.17) is 22.1 Å². The Morgan fingerprint density at radius 2 is 1.88 bits per heavy atom. The van der Waals surface area contributed by atoms with Gasteiger partial charge in [0.1, 0.15) is 11.6 Å². The molecule has 0 radical (unpaired) electrons. The van der Waals surface area contributed by atoms with Crippen LogP contribution in [0.5, 0.6) is 11.5 Å². The monoisotopic (exact) mass is 251 g/mol. The van der Waals surface area contributed by atoms with Gasteiger partial charge in [-0.2, -0.15) is 0 Å². The maximum atomic E-state index is 13.2. The first-order valence-corrected chi connectivity index (χ1v) is 5.43. The summed E-state index contributed by atoms with van der Waals surface area (Å²) in [6.45, 7) is 1.65. The molecule has 2 N–H and O–H groups in total. The summed E-state index contributed by atoms with van der Waals surface area (Å²) in [6, 6.07) is 9.82. The first kappa shape index (κ1) is 11.7. The second-order valence-corrected chi connectivity index (χ2v) is 4.08. The fourth-order valence-electron chi connectivity index (χ4n) is 1.40. The number of hydrogen-bond acceptors (Lipinski definition) is 2. The maximum absolute atomic E-state index is 13.2. The van der Waals surface area contributed by atoms with Crippen LogP contribution < -0.4 is 10.5 Å². The quantitative estimate of drug-likeness (QED) is 0.814. The van der Waals surface area contributed by atoms with Crippen LogP contribution in [0.3, 0.4) is 0 Å². The second-order valence-electron chi connectivity index (χ2n) is 3.67. The number of nitrogen functional groups attached to an aromatic ring is 1. The van der Waals surface area contributed by atoms with Crippen molar-refractivity contribution >= 4 is 17.3 Å². The molecule has 0 heterocycles. The van der Waals surface area contributed by atoms with Gasteiger partial charge in [-0.1, -0.05) is 23.7 Å². The lowest BCUT2D eigenvalue weighted by Crippen LogP contribution is -1.95. The van der Waals surface area contributed by atoms with Crippen LogP contribution in [0.15, 0.2) is 36.4 Å². The number of halogens is 2. The molecule has 0 fully saturated rings. The van der Waals surface area contributed by atoms with E-state index in [1.165, 1.54) is 6.07 Å². The van der Waals surface area contributed by atoms with Crippen LogP contribution >= 0.6 is 11.6 Å². The Morgan fingerprint density at radius 3 is 2.59 bits per heavy atom. The van der Waals surface area contributed by atoms with Gasteiger partial charge in [-0.3, -0.25) is 0 Å². The maximum Gasteiger partial charge on any atom is 0.150 e. The first-order chi connectivity index (χ1) is 8.08. The fraction of sp³-hybridized carbons (Fsp3) is 0.0769. The first-order valence-electron chi connectivity index (χ1n) is 5.06. The summed E-state index contributed by atoms with van der Waals surface area (Å²) in [5.41, 5.74) is 6.40. The zero-order chi connectivity index (χ0) is 12.4. The van der Waals surface area contributed by atoms with Crippen LogP contribution in [-0.4, -0.2) is 0 Å². The lowest BCUT2D eigenvalue weighted by atomic mass is 10.2. The molecule has 2 rings (SSSR count). The molecule has 0 amide bonds. The molecular weight excluding hydrogens is 241 g/mol. The zero-order valence-corrected chi connectivity index (χ0v) is 9.96. The van der Waals surface area contributed by atoms with Gasteiger partial charge in [0, 0.05) is 6.07 Å². The molecule has 0 aliphatic heterocycles. The topological polar surface area (TPSA) is 35.2 Å². The summed E-state index contributed by atoms with van der Waals surface area (Å²) in [5, 5.41) is 0.480. The molecule has 2 aromatic rings. The minimum absolute atomic E-state index is 0.244. The zero-order valence-electron chi connectivity index (χ0n) is 9.21. The number of anilines is 1. The Bertz CT molecular complexity index is 557. The standard InChI is InChI=1S/C13H11ClFNO/c1-8-6-13(11(16)7-10(8)15)17-12-5-3-2-4-9(12)14/h2-7H,16H2,1H3. The predicted molar refractivity (Wildman–Crippen MR) is 67.1 cm³/mol. The van der Waals surface area contributed by atoms with E-state index in [1.54, 1.807) is 37.3 Å². The molecule has 0 spiro atoms. The molecule has 0 aliphatic rings. The number of nitrogens with two attached hydrogens (primary N) is 1. The van der Waals surface area contributed by atoms with Crippen LogP contribution in [0.4, 0.5) is 10.1 Å². The van der Waals surface area contributed by atoms with Gasteiger partial charge in [-0.05, 0) is 30.7 Å². The molecular formula is C13H11ClFNO. The third-order valence-corrected chi connectivity index (χ3v) is 2.66. The van der Waals surface area contributed by atoms with Crippen LogP contribution in [0.2, 0.25) is 5.02 Å². The van der Waals surface area contributed by atoms with Crippen LogP contribution in [0, 0.1) is 12.7 Å². The number of aryl methyl sites for hydroxylation is 1.